The molecule has 0 fully saturated rings. The fourth-order valence-corrected chi connectivity index (χ4v) is 2.91. The Morgan fingerprint density at radius 2 is 0.727 bits per heavy atom. The second-order valence-corrected chi connectivity index (χ2v) is 7.05. The Labute approximate surface area is 207 Å². The Balaban J connectivity index is 0.000000227. The molecule has 0 amide bonds. The molecule has 4 aromatic carbocycles. The molecule has 2 N–H and O–H groups in total. The van der Waals surface area contributed by atoms with Gasteiger partial charge in [-0.15, -0.1) is 0 Å². The molecule has 0 saturated heterocycles. The van der Waals surface area contributed by atoms with Gasteiger partial charge in [-0.3, -0.25) is 0 Å². The molecule has 0 aromatic heterocycles. The van der Waals surface area contributed by atoms with Crippen LogP contribution in [0.2, 0.25) is 0 Å². The maximum atomic E-state index is 4.46. The number of rotatable bonds is 4. The average Bonchev–Trinajstić information content (AvgIpc) is 2.82. The molecule has 0 aliphatic rings. The number of para-hydroxylation sites is 4. The van der Waals surface area contributed by atoms with Gasteiger partial charge in [0.25, 0.3) is 0 Å². The summed E-state index contributed by atoms with van der Waals surface area (Å²) in [6.45, 7) is 3.92. The summed E-state index contributed by atoms with van der Waals surface area (Å²) in [4.78, 5) is 8.92. The molecular formula is C28H28CuN4. The van der Waals surface area contributed by atoms with Crippen LogP contribution in [-0.2, 0) is 17.1 Å². The topological polar surface area (TPSA) is 48.8 Å². The van der Waals surface area contributed by atoms with E-state index in [1.807, 2.05) is 135 Å². The maximum absolute atomic E-state index is 4.46. The van der Waals surface area contributed by atoms with Crippen molar-refractivity contribution in [3.05, 3.63) is 121 Å². The molecule has 171 valence electrons. The Morgan fingerprint density at radius 3 is 1.03 bits per heavy atom. The largest absolute Gasteiger partial charge is 0.344 e. The predicted octanol–water partition coefficient (Wildman–Crippen LogP) is 7.69. The molecule has 4 rings (SSSR count). The molecule has 4 aromatic rings. The van der Waals surface area contributed by atoms with Gasteiger partial charge in [-0.05, 0) is 62.4 Å². The molecule has 0 aliphatic heterocycles. The van der Waals surface area contributed by atoms with Crippen LogP contribution in [0.1, 0.15) is 13.8 Å². The summed E-state index contributed by atoms with van der Waals surface area (Å²) in [5.74, 6) is 1.77. The molecule has 33 heavy (non-hydrogen) atoms. The molecule has 0 spiro atoms. The third kappa shape index (κ3) is 10.0. The van der Waals surface area contributed by atoms with Crippen LogP contribution >= 0.6 is 0 Å². The zero-order valence-corrected chi connectivity index (χ0v) is 19.7. The number of hydrogen-bond acceptors (Lipinski definition) is 2. The first-order valence-electron chi connectivity index (χ1n) is 10.5. The van der Waals surface area contributed by atoms with E-state index in [2.05, 4.69) is 20.6 Å². The quantitative estimate of drug-likeness (QED) is 0.177. The Bertz CT molecular complexity index is 1020. The second kappa shape index (κ2) is 14.4. The summed E-state index contributed by atoms with van der Waals surface area (Å²) in [5.41, 5.74) is 4.03. The number of hydrogen-bond donors (Lipinski definition) is 2. The van der Waals surface area contributed by atoms with Crippen LogP contribution in [0.25, 0.3) is 0 Å². The van der Waals surface area contributed by atoms with Crippen molar-refractivity contribution in [2.75, 3.05) is 10.6 Å². The van der Waals surface area contributed by atoms with Gasteiger partial charge in [0, 0.05) is 28.4 Å². The summed E-state index contributed by atoms with van der Waals surface area (Å²) < 4.78 is 0. The number of nitrogens with one attached hydrogen (secondary N) is 2. The van der Waals surface area contributed by atoms with E-state index in [-0.39, 0.29) is 17.1 Å². The molecular weight excluding hydrogens is 456 g/mol. The smallest absolute Gasteiger partial charge is 0.103 e. The normalized spacial score (nSPS) is 10.8. The minimum absolute atomic E-state index is 0. The van der Waals surface area contributed by atoms with E-state index in [0.717, 1.165) is 34.4 Å². The zero-order chi connectivity index (χ0) is 22.4. The van der Waals surface area contributed by atoms with Crippen molar-refractivity contribution in [3.63, 3.8) is 0 Å². The predicted molar refractivity (Wildman–Crippen MR) is 139 cm³/mol. The van der Waals surface area contributed by atoms with Crippen molar-refractivity contribution >= 4 is 34.4 Å². The maximum Gasteiger partial charge on any atom is 0.103 e. The molecule has 1 radical (unpaired) electrons. The van der Waals surface area contributed by atoms with Crippen LogP contribution in [0.5, 0.6) is 0 Å². The second-order valence-electron chi connectivity index (χ2n) is 7.05. The number of aliphatic imine (C=N–C) groups is 2. The van der Waals surface area contributed by atoms with Gasteiger partial charge in [0.05, 0.1) is 11.4 Å². The van der Waals surface area contributed by atoms with Crippen molar-refractivity contribution in [1.29, 1.82) is 0 Å². The summed E-state index contributed by atoms with van der Waals surface area (Å²) in [5, 5.41) is 6.48. The van der Waals surface area contributed by atoms with Crippen molar-refractivity contribution < 1.29 is 17.1 Å². The summed E-state index contributed by atoms with van der Waals surface area (Å²) in [7, 11) is 0. The van der Waals surface area contributed by atoms with E-state index in [4.69, 9.17) is 0 Å². The van der Waals surface area contributed by atoms with Gasteiger partial charge < -0.3 is 10.6 Å². The van der Waals surface area contributed by atoms with Gasteiger partial charge in [0.2, 0.25) is 0 Å². The number of anilines is 2. The van der Waals surface area contributed by atoms with Crippen molar-refractivity contribution in [2.24, 2.45) is 9.98 Å². The van der Waals surface area contributed by atoms with Crippen LogP contribution < -0.4 is 10.6 Å². The van der Waals surface area contributed by atoms with Crippen molar-refractivity contribution in [3.8, 4) is 0 Å². The Hall–Kier alpha value is -3.66. The monoisotopic (exact) mass is 483 g/mol. The first kappa shape index (κ1) is 25.6. The fourth-order valence-electron chi connectivity index (χ4n) is 2.91. The van der Waals surface area contributed by atoms with Crippen LogP contribution in [0.15, 0.2) is 131 Å². The van der Waals surface area contributed by atoms with Gasteiger partial charge in [0.15, 0.2) is 0 Å². The third-order valence-corrected chi connectivity index (χ3v) is 4.30. The van der Waals surface area contributed by atoms with Gasteiger partial charge in [-0.1, -0.05) is 72.8 Å². The fraction of sp³-hybridized carbons (Fsp3) is 0.0714. The standard InChI is InChI=1S/2C14H14N2.Cu/c2*1-12(15-13-8-4-2-5-9-13)16-14-10-6-3-7-11-14;/h2*2-11H,1H3,(H,15,16);. The van der Waals surface area contributed by atoms with Gasteiger partial charge in [-0.25, -0.2) is 9.98 Å². The minimum atomic E-state index is 0. The minimum Gasteiger partial charge on any atom is -0.344 e. The van der Waals surface area contributed by atoms with E-state index >= 15 is 0 Å². The summed E-state index contributed by atoms with van der Waals surface area (Å²) in [6.07, 6.45) is 0. The van der Waals surface area contributed by atoms with Gasteiger partial charge >= 0.3 is 0 Å². The molecule has 0 unspecified atom stereocenters. The van der Waals surface area contributed by atoms with E-state index in [9.17, 15) is 0 Å². The third-order valence-electron chi connectivity index (χ3n) is 4.30. The number of benzene rings is 4. The average molecular weight is 484 g/mol. The SMILES string of the molecule is CC(=Nc1ccccc1)Nc1ccccc1.CC(=Nc1ccccc1)Nc1ccccc1.[Cu]. The van der Waals surface area contributed by atoms with E-state index in [0.29, 0.717) is 0 Å². The molecule has 0 bridgehead atoms. The van der Waals surface area contributed by atoms with Crippen LogP contribution in [-0.4, -0.2) is 11.7 Å². The van der Waals surface area contributed by atoms with E-state index in [1.54, 1.807) is 0 Å². The van der Waals surface area contributed by atoms with E-state index in [1.165, 1.54) is 0 Å². The molecule has 0 aliphatic carbocycles. The van der Waals surface area contributed by atoms with Crippen LogP contribution in [0, 0.1) is 0 Å². The van der Waals surface area contributed by atoms with Crippen LogP contribution in [0.3, 0.4) is 0 Å². The first-order valence-corrected chi connectivity index (χ1v) is 10.5. The van der Waals surface area contributed by atoms with Gasteiger partial charge in [-0.2, -0.15) is 0 Å². The van der Waals surface area contributed by atoms with Crippen molar-refractivity contribution in [1.82, 2.24) is 0 Å². The van der Waals surface area contributed by atoms with Crippen molar-refractivity contribution in [2.45, 2.75) is 13.8 Å². The molecule has 0 atom stereocenters. The number of nitrogens with zero attached hydrogens (tertiary/aromatic N) is 2. The molecule has 5 heteroatoms. The summed E-state index contributed by atoms with van der Waals surface area (Å²) >= 11 is 0. The molecule has 0 heterocycles. The number of amidine groups is 2. The van der Waals surface area contributed by atoms with E-state index < -0.39 is 0 Å². The first-order chi connectivity index (χ1) is 15.7. The summed E-state index contributed by atoms with van der Waals surface area (Å²) in [6, 6.07) is 39.9. The van der Waals surface area contributed by atoms with Gasteiger partial charge in [0.1, 0.15) is 11.7 Å². The zero-order valence-electron chi connectivity index (χ0n) is 18.7. The Kier molecular flexibility index (Phi) is 11.2. The molecule has 0 saturated carbocycles. The Morgan fingerprint density at radius 1 is 0.455 bits per heavy atom. The van der Waals surface area contributed by atoms with Crippen LogP contribution in [0.4, 0.5) is 22.7 Å². The molecule has 4 nitrogen and oxygen atoms in total.